The highest BCUT2D eigenvalue weighted by atomic mass is 79.9. The molecule has 0 fully saturated rings. The minimum Gasteiger partial charge on any atom is -0.349 e. The molecule has 0 aliphatic carbocycles. The second-order valence-electron chi connectivity index (χ2n) is 6.12. The van der Waals surface area contributed by atoms with Crippen molar-refractivity contribution in [1.82, 2.24) is 9.97 Å². The van der Waals surface area contributed by atoms with Gasteiger partial charge in [0.25, 0.3) is 0 Å². The van der Waals surface area contributed by atoms with Gasteiger partial charge in [-0.05, 0) is 19.8 Å². The number of H-pyrrole nitrogens is 1. The third-order valence-electron chi connectivity index (χ3n) is 4.05. The number of halogens is 1. The third kappa shape index (κ3) is 12.0. The summed E-state index contributed by atoms with van der Waals surface area (Å²) in [6.45, 7) is 4.30. The summed E-state index contributed by atoms with van der Waals surface area (Å²) >= 11 is 0. The lowest BCUT2D eigenvalue weighted by Gasteiger charge is -2.02. The molecule has 0 saturated carbocycles. The highest BCUT2D eigenvalue weighted by Gasteiger charge is 1.97. The van der Waals surface area contributed by atoms with E-state index in [1.54, 1.807) is 0 Å². The number of rotatable bonds is 13. The van der Waals surface area contributed by atoms with Crippen LogP contribution in [0.25, 0.3) is 0 Å². The van der Waals surface area contributed by atoms with E-state index in [9.17, 15) is 0 Å². The molecule has 0 aliphatic heterocycles. The van der Waals surface area contributed by atoms with Crippen LogP contribution >= 0.6 is 17.0 Å². The summed E-state index contributed by atoms with van der Waals surface area (Å²) in [7, 11) is 0. The first-order valence-corrected chi connectivity index (χ1v) is 8.84. The van der Waals surface area contributed by atoms with Crippen LogP contribution in [0.4, 0.5) is 0 Å². The van der Waals surface area contributed by atoms with Crippen molar-refractivity contribution in [2.24, 2.45) is 0 Å². The number of nitrogens with one attached hydrogen (secondary N) is 1. The second kappa shape index (κ2) is 14.6. The maximum atomic E-state index is 4.44. The van der Waals surface area contributed by atoms with Crippen LogP contribution in [0.2, 0.25) is 0 Å². The number of aromatic nitrogens is 2. The van der Waals surface area contributed by atoms with Gasteiger partial charge in [-0.1, -0.05) is 77.6 Å². The lowest BCUT2D eigenvalue weighted by atomic mass is 10.0. The fourth-order valence-corrected chi connectivity index (χ4v) is 2.74. The summed E-state index contributed by atoms with van der Waals surface area (Å²) in [5.74, 6) is 1.04. The van der Waals surface area contributed by atoms with E-state index in [-0.39, 0.29) is 17.0 Å². The van der Waals surface area contributed by atoms with E-state index in [1.807, 2.05) is 13.1 Å². The molecule has 3 heteroatoms. The van der Waals surface area contributed by atoms with E-state index in [0.717, 1.165) is 12.2 Å². The third-order valence-corrected chi connectivity index (χ3v) is 4.05. The van der Waals surface area contributed by atoms with Gasteiger partial charge in [-0.15, -0.1) is 17.0 Å². The smallest absolute Gasteiger partial charge is 0.103 e. The quantitative estimate of drug-likeness (QED) is 0.398. The van der Waals surface area contributed by atoms with E-state index in [0.29, 0.717) is 0 Å². The largest absolute Gasteiger partial charge is 0.349 e. The van der Waals surface area contributed by atoms with Crippen molar-refractivity contribution in [3.63, 3.8) is 0 Å². The summed E-state index contributed by atoms with van der Waals surface area (Å²) in [6.07, 6.45) is 20.2. The van der Waals surface area contributed by atoms with Crippen LogP contribution in [-0.2, 0) is 6.42 Å². The first kappa shape index (κ1) is 20.7. The van der Waals surface area contributed by atoms with E-state index >= 15 is 0 Å². The van der Waals surface area contributed by atoms with Crippen molar-refractivity contribution in [1.29, 1.82) is 0 Å². The predicted molar refractivity (Wildman–Crippen MR) is 98.4 cm³/mol. The van der Waals surface area contributed by atoms with E-state index < -0.39 is 0 Å². The van der Waals surface area contributed by atoms with Crippen molar-refractivity contribution >= 4 is 17.0 Å². The molecule has 2 nitrogen and oxygen atoms in total. The number of imidazole rings is 1. The molecule has 124 valence electrons. The maximum absolute atomic E-state index is 4.44. The molecule has 0 saturated heterocycles. The molecule has 1 rings (SSSR count). The van der Waals surface area contributed by atoms with Crippen molar-refractivity contribution < 1.29 is 0 Å². The fourth-order valence-electron chi connectivity index (χ4n) is 2.74. The Balaban J connectivity index is 0.00000400. The zero-order valence-corrected chi connectivity index (χ0v) is 15.8. The Morgan fingerprint density at radius 1 is 0.810 bits per heavy atom. The molecule has 0 radical (unpaired) electrons. The standard InChI is InChI=1S/C18H34N2.BrH/c1-3-4-5-6-7-8-9-10-11-12-13-14-15-18-16-19-17(2)20-18;/h16H,3-15H2,1-2H3,(H,19,20);1H. The summed E-state index contributed by atoms with van der Waals surface area (Å²) in [4.78, 5) is 7.59. The number of aryl methyl sites for hydroxylation is 2. The average molecular weight is 359 g/mol. The Bertz CT molecular complexity index is 323. The molecule has 0 aromatic carbocycles. The van der Waals surface area contributed by atoms with Crippen LogP contribution in [0.1, 0.15) is 95.5 Å². The van der Waals surface area contributed by atoms with Crippen LogP contribution in [0.15, 0.2) is 6.20 Å². The van der Waals surface area contributed by atoms with Gasteiger partial charge in [-0.25, -0.2) is 4.98 Å². The molecule has 21 heavy (non-hydrogen) atoms. The monoisotopic (exact) mass is 358 g/mol. The SMILES string of the molecule is Br.CCCCCCCCCCCCCCc1c[nH]c(C)n1. The maximum Gasteiger partial charge on any atom is 0.103 e. The Morgan fingerprint density at radius 3 is 1.71 bits per heavy atom. The zero-order chi connectivity index (χ0) is 14.5. The van der Waals surface area contributed by atoms with Crippen molar-refractivity contribution in [3.05, 3.63) is 17.7 Å². The van der Waals surface area contributed by atoms with Crippen molar-refractivity contribution in [3.8, 4) is 0 Å². The number of aromatic amines is 1. The fraction of sp³-hybridized carbons (Fsp3) is 0.833. The molecule has 0 unspecified atom stereocenters. The molecule has 0 atom stereocenters. The van der Waals surface area contributed by atoms with Crippen molar-refractivity contribution in [2.45, 2.75) is 97.3 Å². The Kier molecular flexibility index (Phi) is 14.4. The summed E-state index contributed by atoms with van der Waals surface area (Å²) < 4.78 is 0. The van der Waals surface area contributed by atoms with E-state index in [1.165, 1.54) is 82.7 Å². The van der Waals surface area contributed by atoms with E-state index in [4.69, 9.17) is 0 Å². The molecule has 1 aromatic heterocycles. The second-order valence-corrected chi connectivity index (χ2v) is 6.12. The van der Waals surface area contributed by atoms with Gasteiger partial charge in [0.05, 0.1) is 5.69 Å². The molecular weight excluding hydrogens is 324 g/mol. The summed E-state index contributed by atoms with van der Waals surface area (Å²) in [6, 6.07) is 0. The molecule has 1 heterocycles. The Morgan fingerprint density at radius 2 is 1.29 bits per heavy atom. The molecule has 1 aromatic rings. The average Bonchev–Trinajstić information content (AvgIpc) is 2.86. The number of hydrogen-bond donors (Lipinski definition) is 1. The highest BCUT2D eigenvalue weighted by molar-refractivity contribution is 8.93. The van der Waals surface area contributed by atoms with Gasteiger partial charge in [-0.2, -0.15) is 0 Å². The van der Waals surface area contributed by atoms with Gasteiger partial charge < -0.3 is 4.98 Å². The predicted octanol–water partition coefficient (Wildman–Crippen LogP) is 6.54. The first-order chi connectivity index (χ1) is 9.83. The molecule has 1 N–H and O–H groups in total. The molecule has 0 bridgehead atoms. The molecule has 0 aliphatic rings. The minimum atomic E-state index is 0. The topological polar surface area (TPSA) is 28.7 Å². The van der Waals surface area contributed by atoms with Crippen LogP contribution in [0.5, 0.6) is 0 Å². The van der Waals surface area contributed by atoms with Gasteiger partial charge in [-0.3, -0.25) is 0 Å². The zero-order valence-electron chi connectivity index (χ0n) is 14.1. The summed E-state index contributed by atoms with van der Waals surface area (Å²) in [5, 5.41) is 0. The lowest BCUT2D eigenvalue weighted by molar-refractivity contribution is 0.543. The highest BCUT2D eigenvalue weighted by Crippen LogP contribution is 2.12. The van der Waals surface area contributed by atoms with Gasteiger partial charge in [0.2, 0.25) is 0 Å². The van der Waals surface area contributed by atoms with E-state index in [2.05, 4.69) is 16.9 Å². The normalized spacial score (nSPS) is 10.6. The molecular formula is C18H35BrN2. The molecule has 0 spiro atoms. The Hall–Kier alpha value is -0.310. The minimum absolute atomic E-state index is 0. The van der Waals surface area contributed by atoms with Crippen LogP contribution < -0.4 is 0 Å². The first-order valence-electron chi connectivity index (χ1n) is 8.84. The number of unbranched alkanes of at least 4 members (excludes halogenated alkanes) is 11. The van der Waals surface area contributed by atoms with Gasteiger partial charge in [0.1, 0.15) is 5.82 Å². The van der Waals surface area contributed by atoms with Gasteiger partial charge in [0.15, 0.2) is 0 Å². The van der Waals surface area contributed by atoms with Gasteiger partial charge >= 0.3 is 0 Å². The van der Waals surface area contributed by atoms with Crippen LogP contribution in [-0.4, -0.2) is 9.97 Å². The van der Waals surface area contributed by atoms with Crippen LogP contribution in [0.3, 0.4) is 0 Å². The van der Waals surface area contributed by atoms with Crippen LogP contribution in [0, 0.1) is 6.92 Å². The lowest BCUT2D eigenvalue weighted by Crippen LogP contribution is -1.87. The molecule has 0 amide bonds. The Labute approximate surface area is 142 Å². The summed E-state index contributed by atoms with van der Waals surface area (Å²) in [5.41, 5.74) is 1.23. The van der Waals surface area contributed by atoms with Gasteiger partial charge in [0, 0.05) is 6.20 Å². The number of nitrogens with zero attached hydrogens (tertiary/aromatic N) is 1. The number of hydrogen-bond acceptors (Lipinski definition) is 1. The van der Waals surface area contributed by atoms with Crippen molar-refractivity contribution in [2.75, 3.05) is 0 Å².